The number of phenols is 1. The Labute approximate surface area is 111 Å². The minimum Gasteiger partial charge on any atom is -0.507 e. The molecular weight excluding hydrogens is 236 g/mol. The standard InChI is InChI=1S/C17H16O2/c1-17(2,19)14-9-10-15(18)16-12-6-4-3-5-11(12)7-8-13(14)16/h3-10,18-19H,1-2H3. The Balaban J connectivity index is 2.54. The second-order valence-corrected chi connectivity index (χ2v) is 5.40. The number of aliphatic hydroxyl groups is 1. The van der Waals surface area contributed by atoms with Gasteiger partial charge in [-0.15, -0.1) is 0 Å². The van der Waals surface area contributed by atoms with E-state index in [1.807, 2.05) is 36.4 Å². The quantitative estimate of drug-likeness (QED) is 0.644. The third-order valence-corrected chi connectivity index (χ3v) is 3.54. The van der Waals surface area contributed by atoms with Gasteiger partial charge in [0.05, 0.1) is 5.60 Å². The molecule has 0 heterocycles. The lowest BCUT2D eigenvalue weighted by Crippen LogP contribution is -2.15. The number of rotatable bonds is 1. The van der Waals surface area contributed by atoms with E-state index in [1.54, 1.807) is 26.0 Å². The second kappa shape index (κ2) is 3.97. The van der Waals surface area contributed by atoms with Gasteiger partial charge in [0, 0.05) is 5.39 Å². The van der Waals surface area contributed by atoms with Gasteiger partial charge in [0.25, 0.3) is 0 Å². The number of hydrogen-bond donors (Lipinski definition) is 2. The number of benzene rings is 3. The van der Waals surface area contributed by atoms with Gasteiger partial charge in [0.15, 0.2) is 0 Å². The molecule has 3 aromatic carbocycles. The lowest BCUT2D eigenvalue weighted by molar-refractivity contribution is 0.0802. The Hall–Kier alpha value is -2.06. The van der Waals surface area contributed by atoms with E-state index in [-0.39, 0.29) is 5.75 Å². The van der Waals surface area contributed by atoms with Crippen molar-refractivity contribution in [1.82, 2.24) is 0 Å². The Bertz CT molecular complexity index is 767. The summed E-state index contributed by atoms with van der Waals surface area (Å²) in [6.07, 6.45) is 0. The predicted octanol–water partition coefficient (Wildman–Crippen LogP) is 3.93. The molecule has 2 nitrogen and oxygen atoms in total. The van der Waals surface area contributed by atoms with Crippen LogP contribution in [-0.4, -0.2) is 10.2 Å². The summed E-state index contributed by atoms with van der Waals surface area (Å²) in [7, 11) is 0. The van der Waals surface area contributed by atoms with Crippen LogP contribution in [-0.2, 0) is 5.60 Å². The fourth-order valence-electron chi connectivity index (χ4n) is 2.64. The Morgan fingerprint density at radius 1 is 0.842 bits per heavy atom. The molecule has 0 atom stereocenters. The predicted molar refractivity (Wildman–Crippen MR) is 78.4 cm³/mol. The molecule has 0 unspecified atom stereocenters. The highest BCUT2D eigenvalue weighted by Gasteiger charge is 2.20. The van der Waals surface area contributed by atoms with Crippen LogP contribution in [0.5, 0.6) is 5.75 Å². The summed E-state index contributed by atoms with van der Waals surface area (Å²) >= 11 is 0. The molecule has 0 saturated heterocycles. The highest BCUT2D eigenvalue weighted by atomic mass is 16.3. The molecule has 0 radical (unpaired) electrons. The van der Waals surface area contributed by atoms with Crippen LogP contribution < -0.4 is 0 Å². The zero-order valence-electron chi connectivity index (χ0n) is 11.0. The van der Waals surface area contributed by atoms with Crippen LogP contribution in [0, 0.1) is 0 Å². The molecule has 2 N–H and O–H groups in total. The largest absolute Gasteiger partial charge is 0.507 e. The first-order valence-corrected chi connectivity index (χ1v) is 6.35. The van der Waals surface area contributed by atoms with Gasteiger partial charge < -0.3 is 10.2 Å². The van der Waals surface area contributed by atoms with Crippen molar-refractivity contribution >= 4 is 21.5 Å². The monoisotopic (exact) mass is 252 g/mol. The lowest BCUT2D eigenvalue weighted by atomic mass is 9.90. The van der Waals surface area contributed by atoms with E-state index in [4.69, 9.17) is 0 Å². The number of aromatic hydroxyl groups is 1. The average Bonchev–Trinajstić information content (AvgIpc) is 2.37. The fourth-order valence-corrected chi connectivity index (χ4v) is 2.64. The van der Waals surface area contributed by atoms with E-state index < -0.39 is 5.60 Å². The van der Waals surface area contributed by atoms with E-state index in [0.717, 1.165) is 27.1 Å². The van der Waals surface area contributed by atoms with Crippen LogP contribution >= 0.6 is 0 Å². The van der Waals surface area contributed by atoms with Crippen molar-refractivity contribution in [3.63, 3.8) is 0 Å². The van der Waals surface area contributed by atoms with Crippen LogP contribution in [0.3, 0.4) is 0 Å². The van der Waals surface area contributed by atoms with Crippen LogP contribution in [0.25, 0.3) is 21.5 Å². The van der Waals surface area contributed by atoms with Gasteiger partial charge in [-0.3, -0.25) is 0 Å². The molecule has 3 rings (SSSR count). The van der Waals surface area contributed by atoms with E-state index in [2.05, 4.69) is 0 Å². The Kier molecular flexibility index (Phi) is 2.51. The molecule has 3 aromatic rings. The van der Waals surface area contributed by atoms with Crippen molar-refractivity contribution in [2.24, 2.45) is 0 Å². The first kappa shape index (κ1) is 12.0. The first-order valence-electron chi connectivity index (χ1n) is 6.35. The van der Waals surface area contributed by atoms with Crippen molar-refractivity contribution in [2.45, 2.75) is 19.4 Å². The molecule has 0 aliphatic heterocycles. The van der Waals surface area contributed by atoms with E-state index in [9.17, 15) is 10.2 Å². The molecule has 0 fully saturated rings. The molecule has 0 amide bonds. The first-order chi connectivity index (χ1) is 8.98. The molecule has 96 valence electrons. The van der Waals surface area contributed by atoms with E-state index in [0.29, 0.717) is 0 Å². The fraction of sp³-hybridized carbons (Fsp3) is 0.176. The maximum atomic E-state index is 10.3. The zero-order valence-corrected chi connectivity index (χ0v) is 11.0. The topological polar surface area (TPSA) is 40.5 Å². The van der Waals surface area contributed by atoms with Gasteiger partial charge in [0.2, 0.25) is 0 Å². The maximum Gasteiger partial charge on any atom is 0.124 e. The van der Waals surface area contributed by atoms with Crippen LogP contribution in [0.4, 0.5) is 0 Å². The third-order valence-electron chi connectivity index (χ3n) is 3.54. The molecule has 2 heteroatoms. The minimum absolute atomic E-state index is 0.250. The van der Waals surface area contributed by atoms with Crippen molar-refractivity contribution in [1.29, 1.82) is 0 Å². The van der Waals surface area contributed by atoms with Gasteiger partial charge in [-0.05, 0) is 41.6 Å². The molecule has 19 heavy (non-hydrogen) atoms. The SMILES string of the molecule is CC(C)(O)c1ccc(O)c2c1ccc1ccccc12. The molecule has 0 bridgehead atoms. The minimum atomic E-state index is -0.936. The van der Waals surface area contributed by atoms with Crippen molar-refractivity contribution in [2.75, 3.05) is 0 Å². The molecular formula is C17H16O2. The molecule has 0 saturated carbocycles. The average molecular weight is 252 g/mol. The normalized spacial score (nSPS) is 12.2. The van der Waals surface area contributed by atoms with Crippen molar-refractivity contribution < 1.29 is 10.2 Å². The summed E-state index contributed by atoms with van der Waals surface area (Å²) in [4.78, 5) is 0. The van der Waals surface area contributed by atoms with Gasteiger partial charge >= 0.3 is 0 Å². The second-order valence-electron chi connectivity index (χ2n) is 5.40. The summed E-state index contributed by atoms with van der Waals surface area (Å²) in [6, 6.07) is 15.4. The summed E-state index contributed by atoms with van der Waals surface area (Å²) in [5.41, 5.74) is -0.111. The van der Waals surface area contributed by atoms with E-state index >= 15 is 0 Å². The lowest BCUT2D eigenvalue weighted by Gasteiger charge is -2.21. The number of fused-ring (bicyclic) bond motifs is 3. The Morgan fingerprint density at radius 2 is 1.58 bits per heavy atom. The summed E-state index contributed by atoms with van der Waals surface area (Å²) in [5.74, 6) is 0.250. The highest BCUT2D eigenvalue weighted by molar-refractivity contribution is 6.11. The molecule has 0 aromatic heterocycles. The Morgan fingerprint density at radius 3 is 2.32 bits per heavy atom. The van der Waals surface area contributed by atoms with Gasteiger partial charge in [-0.2, -0.15) is 0 Å². The smallest absolute Gasteiger partial charge is 0.124 e. The molecule has 0 aliphatic rings. The summed E-state index contributed by atoms with van der Waals surface area (Å²) < 4.78 is 0. The summed E-state index contributed by atoms with van der Waals surface area (Å²) in [5, 5.41) is 24.2. The third kappa shape index (κ3) is 1.85. The number of phenolic OH excluding ortho intramolecular Hbond substituents is 1. The van der Waals surface area contributed by atoms with E-state index in [1.165, 1.54) is 0 Å². The molecule has 0 spiro atoms. The van der Waals surface area contributed by atoms with Crippen LogP contribution in [0.1, 0.15) is 19.4 Å². The van der Waals surface area contributed by atoms with Crippen molar-refractivity contribution in [3.05, 3.63) is 54.1 Å². The highest BCUT2D eigenvalue weighted by Crippen LogP contribution is 2.37. The zero-order chi connectivity index (χ0) is 13.6. The van der Waals surface area contributed by atoms with Gasteiger partial charge in [-0.1, -0.05) is 42.5 Å². The van der Waals surface area contributed by atoms with Crippen LogP contribution in [0.2, 0.25) is 0 Å². The van der Waals surface area contributed by atoms with Gasteiger partial charge in [0.1, 0.15) is 5.75 Å². The summed E-state index contributed by atoms with van der Waals surface area (Å²) in [6.45, 7) is 3.52. The van der Waals surface area contributed by atoms with Crippen molar-refractivity contribution in [3.8, 4) is 5.75 Å². The maximum absolute atomic E-state index is 10.3. The molecule has 0 aliphatic carbocycles. The number of hydrogen-bond acceptors (Lipinski definition) is 2. The van der Waals surface area contributed by atoms with Gasteiger partial charge in [-0.25, -0.2) is 0 Å². The van der Waals surface area contributed by atoms with Crippen LogP contribution in [0.15, 0.2) is 48.5 Å².